The minimum absolute atomic E-state index is 0.0416. The summed E-state index contributed by atoms with van der Waals surface area (Å²) < 4.78 is 10.9. The van der Waals surface area contributed by atoms with Crippen LogP contribution in [0.15, 0.2) is 12.2 Å². The normalized spacial score (nSPS) is 27.8. The second-order valence-corrected chi connectivity index (χ2v) is 6.62. The standard InChI is InChI=1S/C19H36O5/c1-2-3-4-5-6-7-8-9-10-11-12-13-23-19-17(14-20)24-15-16(21)18(19)22/h4-5,16-22H,2-3,6-15H2,1H3/b5-4+/t16-,17+,18+,19+/m1/s1. The molecule has 0 amide bonds. The highest BCUT2D eigenvalue weighted by molar-refractivity contribution is 4.87. The minimum Gasteiger partial charge on any atom is -0.394 e. The third kappa shape index (κ3) is 8.58. The lowest BCUT2D eigenvalue weighted by molar-refractivity contribution is -0.211. The Labute approximate surface area is 146 Å². The van der Waals surface area contributed by atoms with Gasteiger partial charge >= 0.3 is 0 Å². The number of rotatable bonds is 13. The molecule has 0 spiro atoms. The zero-order chi connectivity index (χ0) is 17.6. The van der Waals surface area contributed by atoms with Gasteiger partial charge in [0.1, 0.15) is 24.4 Å². The second kappa shape index (κ2) is 13.8. The fourth-order valence-corrected chi connectivity index (χ4v) is 2.91. The first-order valence-electron chi connectivity index (χ1n) is 9.55. The Morgan fingerprint density at radius 2 is 1.67 bits per heavy atom. The van der Waals surface area contributed by atoms with E-state index in [-0.39, 0.29) is 13.2 Å². The van der Waals surface area contributed by atoms with Crippen LogP contribution >= 0.6 is 0 Å². The lowest BCUT2D eigenvalue weighted by atomic mass is 10.0. The molecule has 0 aromatic rings. The summed E-state index contributed by atoms with van der Waals surface area (Å²) in [6.45, 7) is 2.55. The highest BCUT2D eigenvalue weighted by Crippen LogP contribution is 2.19. The van der Waals surface area contributed by atoms with Crippen LogP contribution in [-0.2, 0) is 9.47 Å². The van der Waals surface area contributed by atoms with Crippen LogP contribution in [0.25, 0.3) is 0 Å². The van der Waals surface area contributed by atoms with E-state index in [0.717, 1.165) is 12.8 Å². The van der Waals surface area contributed by atoms with Crippen LogP contribution in [0.3, 0.4) is 0 Å². The fourth-order valence-electron chi connectivity index (χ4n) is 2.91. The van der Waals surface area contributed by atoms with Gasteiger partial charge in [-0.25, -0.2) is 0 Å². The van der Waals surface area contributed by atoms with Crippen molar-refractivity contribution in [2.75, 3.05) is 19.8 Å². The summed E-state index contributed by atoms with van der Waals surface area (Å²) in [5, 5.41) is 28.8. The maximum atomic E-state index is 9.94. The molecule has 0 unspecified atom stereocenters. The predicted octanol–water partition coefficient (Wildman–Crippen LogP) is 2.57. The summed E-state index contributed by atoms with van der Waals surface area (Å²) in [6, 6.07) is 0. The van der Waals surface area contributed by atoms with Gasteiger partial charge in [-0.05, 0) is 25.7 Å². The van der Waals surface area contributed by atoms with Crippen molar-refractivity contribution in [1.29, 1.82) is 0 Å². The number of allylic oxidation sites excluding steroid dienone is 2. The fraction of sp³-hybridized carbons (Fsp3) is 0.895. The molecule has 0 aromatic carbocycles. The van der Waals surface area contributed by atoms with Crippen LogP contribution in [0.4, 0.5) is 0 Å². The molecule has 5 heteroatoms. The first-order chi connectivity index (χ1) is 11.7. The SMILES string of the molecule is CCC/C=C/CCCCCCCCO[C@@H]1[C@@H](O)[C@H](O)CO[C@H]1CO. The molecule has 0 saturated carbocycles. The number of aliphatic hydroxyl groups excluding tert-OH is 3. The predicted molar refractivity (Wildman–Crippen MR) is 94.9 cm³/mol. The number of hydrogen-bond donors (Lipinski definition) is 3. The third-order valence-corrected chi connectivity index (χ3v) is 4.46. The van der Waals surface area contributed by atoms with E-state index in [2.05, 4.69) is 19.1 Å². The Morgan fingerprint density at radius 3 is 2.38 bits per heavy atom. The maximum absolute atomic E-state index is 9.94. The zero-order valence-corrected chi connectivity index (χ0v) is 15.1. The largest absolute Gasteiger partial charge is 0.394 e. The number of hydrogen-bond acceptors (Lipinski definition) is 5. The second-order valence-electron chi connectivity index (χ2n) is 6.62. The zero-order valence-electron chi connectivity index (χ0n) is 15.1. The Morgan fingerprint density at radius 1 is 1.00 bits per heavy atom. The summed E-state index contributed by atoms with van der Waals surface area (Å²) in [6.07, 6.45) is 12.0. The van der Waals surface area contributed by atoms with Crippen molar-refractivity contribution in [2.45, 2.75) is 89.1 Å². The Kier molecular flexibility index (Phi) is 12.4. The van der Waals surface area contributed by atoms with Crippen LogP contribution in [0.2, 0.25) is 0 Å². The third-order valence-electron chi connectivity index (χ3n) is 4.46. The molecule has 1 aliphatic heterocycles. The Bertz CT molecular complexity index is 319. The molecule has 0 radical (unpaired) electrons. The molecule has 1 fully saturated rings. The molecular formula is C19H36O5. The van der Waals surface area contributed by atoms with Crippen molar-refractivity contribution in [1.82, 2.24) is 0 Å². The van der Waals surface area contributed by atoms with E-state index >= 15 is 0 Å². The van der Waals surface area contributed by atoms with E-state index in [4.69, 9.17) is 9.47 Å². The van der Waals surface area contributed by atoms with Crippen molar-refractivity contribution in [3.05, 3.63) is 12.2 Å². The van der Waals surface area contributed by atoms with Crippen LogP contribution in [0.1, 0.15) is 64.7 Å². The Balaban J connectivity index is 1.99. The number of unbranched alkanes of at least 4 members (excludes halogenated alkanes) is 7. The van der Waals surface area contributed by atoms with Crippen LogP contribution in [0.5, 0.6) is 0 Å². The van der Waals surface area contributed by atoms with Crippen molar-refractivity contribution in [3.63, 3.8) is 0 Å². The molecule has 142 valence electrons. The Hall–Kier alpha value is -0.460. The van der Waals surface area contributed by atoms with Crippen LogP contribution in [-0.4, -0.2) is 59.6 Å². The molecule has 1 heterocycles. The monoisotopic (exact) mass is 344 g/mol. The molecule has 1 rings (SSSR count). The van der Waals surface area contributed by atoms with Crippen molar-refractivity contribution < 1.29 is 24.8 Å². The topological polar surface area (TPSA) is 79.2 Å². The summed E-state index contributed by atoms with van der Waals surface area (Å²) in [7, 11) is 0. The van der Waals surface area contributed by atoms with Gasteiger partial charge in [0.15, 0.2) is 0 Å². The van der Waals surface area contributed by atoms with Crippen LogP contribution < -0.4 is 0 Å². The minimum atomic E-state index is -0.989. The highest BCUT2D eigenvalue weighted by atomic mass is 16.6. The summed E-state index contributed by atoms with van der Waals surface area (Å²) in [5.74, 6) is 0. The molecular weight excluding hydrogens is 308 g/mol. The molecule has 0 bridgehead atoms. The average Bonchev–Trinajstić information content (AvgIpc) is 2.59. The molecule has 0 aromatic heterocycles. The molecule has 24 heavy (non-hydrogen) atoms. The lowest BCUT2D eigenvalue weighted by Crippen LogP contribution is -2.55. The van der Waals surface area contributed by atoms with E-state index in [1.54, 1.807) is 0 Å². The van der Waals surface area contributed by atoms with Crippen LogP contribution in [0, 0.1) is 0 Å². The van der Waals surface area contributed by atoms with E-state index in [1.165, 1.54) is 44.9 Å². The van der Waals surface area contributed by atoms with Gasteiger partial charge in [-0.1, -0.05) is 51.2 Å². The van der Waals surface area contributed by atoms with Crippen molar-refractivity contribution in [2.24, 2.45) is 0 Å². The number of aliphatic hydroxyl groups is 3. The van der Waals surface area contributed by atoms with E-state index < -0.39 is 24.4 Å². The first-order valence-corrected chi connectivity index (χ1v) is 9.55. The van der Waals surface area contributed by atoms with Gasteiger partial charge < -0.3 is 24.8 Å². The van der Waals surface area contributed by atoms with E-state index in [9.17, 15) is 15.3 Å². The van der Waals surface area contributed by atoms with Gasteiger partial charge in [0.25, 0.3) is 0 Å². The molecule has 4 atom stereocenters. The average molecular weight is 344 g/mol. The lowest BCUT2D eigenvalue weighted by Gasteiger charge is -2.37. The van der Waals surface area contributed by atoms with Crippen molar-refractivity contribution in [3.8, 4) is 0 Å². The molecule has 3 N–H and O–H groups in total. The highest BCUT2D eigenvalue weighted by Gasteiger charge is 2.39. The van der Waals surface area contributed by atoms with E-state index in [0.29, 0.717) is 6.61 Å². The van der Waals surface area contributed by atoms with Crippen molar-refractivity contribution >= 4 is 0 Å². The smallest absolute Gasteiger partial charge is 0.114 e. The quantitative estimate of drug-likeness (QED) is 0.353. The first kappa shape index (κ1) is 21.6. The van der Waals surface area contributed by atoms with Gasteiger partial charge in [0.2, 0.25) is 0 Å². The van der Waals surface area contributed by atoms with Gasteiger partial charge in [-0.15, -0.1) is 0 Å². The van der Waals surface area contributed by atoms with Gasteiger partial charge in [0, 0.05) is 6.61 Å². The van der Waals surface area contributed by atoms with Gasteiger partial charge in [-0.2, -0.15) is 0 Å². The van der Waals surface area contributed by atoms with Gasteiger partial charge in [0.05, 0.1) is 13.2 Å². The summed E-state index contributed by atoms with van der Waals surface area (Å²) in [4.78, 5) is 0. The molecule has 1 saturated heterocycles. The number of ether oxygens (including phenoxy) is 2. The maximum Gasteiger partial charge on any atom is 0.114 e. The molecule has 5 nitrogen and oxygen atoms in total. The summed E-state index contributed by atoms with van der Waals surface area (Å²) >= 11 is 0. The molecule has 1 aliphatic rings. The van der Waals surface area contributed by atoms with Gasteiger partial charge in [-0.3, -0.25) is 0 Å². The molecule has 0 aliphatic carbocycles. The summed E-state index contributed by atoms with van der Waals surface area (Å²) in [5.41, 5.74) is 0. The van der Waals surface area contributed by atoms with E-state index in [1.807, 2.05) is 0 Å².